The number of nitrogens with zero attached hydrogens (tertiary/aromatic N) is 4. The van der Waals surface area contributed by atoms with Gasteiger partial charge in [0.05, 0.1) is 29.8 Å². The predicted octanol–water partition coefficient (Wildman–Crippen LogP) is 2.10. The molecule has 0 aliphatic carbocycles. The van der Waals surface area contributed by atoms with Gasteiger partial charge in [0.1, 0.15) is 11.4 Å². The van der Waals surface area contributed by atoms with E-state index in [9.17, 15) is 9.59 Å². The summed E-state index contributed by atoms with van der Waals surface area (Å²) < 4.78 is 6.20. The van der Waals surface area contributed by atoms with E-state index in [1.54, 1.807) is 22.1 Å². The number of ketones is 1. The number of carbonyl (C=O) groups excluding carboxylic acids is 2. The lowest BCUT2D eigenvalue weighted by molar-refractivity contribution is 0.0428. The Labute approximate surface area is 158 Å². The number of fused-ring (bicyclic) bond motifs is 1. The van der Waals surface area contributed by atoms with Gasteiger partial charge in [-0.15, -0.1) is 0 Å². The van der Waals surface area contributed by atoms with Gasteiger partial charge in [-0.1, -0.05) is 12.1 Å². The number of carbonyl (C=O) groups is 2. The molecule has 0 saturated carbocycles. The Balaban J connectivity index is 1.55. The smallest absolute Gasteiger partial charge is 0.257 e. The molecular formula is C20H22N4O3. The van der Waals surface area contributed by atoms with Crippen molar-refractivity contribution >= 4 is 17.6 Å². The molecule has 1 atom stereocenters. The van der Waals surface area contributed by atoms with Crippen molar-refractivity contribution in [2.45, 2.75) is 25.4 Å². The number of hydrogen-bond donors (Lipinski definition) is 0. The van der Waals surface area contributed by atoms with Crippen LogP contribution in [-0.2, 0) is 0 Å². The van der Waals surface area contributed by atoms with Crippen molar-refractivity contribution < 1.29 is 14.3 Å². The van der Waals surface area contributed by atoms with E-state index in [1.807, 2.05) is 39.2 Å². The van der Waals surface area contributed by atoms with Gasteiger partial charge in [0.2, 0.25) is 5.95 Å². The van der Waals surface area contributed by atoms with E-state index in [0.717, 1.165) is 0 Å². The number of para-hydroxylation sites is 1. The number of benzene rings is 1. The van der Waals surface area contributed by atoms with Gasteiger partial charge < -0.3 is 14.5 Å². The Morgan fingerprint density at radius 1 is 1.30 bits per heavy atom. The second kappa shape index (κ2) is 6.33. The molecule has 3 heterocycles. The predicted molar refractivity (Wildman–Crippen MR) is 100 cm³/mol. The second-order valence-corrected chi connectivity index (χ2v) is 7.42. The molecule has 7 heteroatoms. The van der Waals surface area contributed by atoms with Crippen molar-refractivity contribution in [2.24, 2.45) is 0 Å². The van der Waals surface area contributed by atoms with Gasteiger partial charge in [0.25, 0.3) is 5.91 Å². The molecule has 27 heavy (non-hydrogen) atoms. The lowest BCUT2D eigenvalue weighted by Gasteiger charge is -2.34. The van der Waals surface area contributed by atoms with E-state index in [2.05, 4.69) is 9.97 Å². The first-order chi connectivity index (χ1) is 12.9. The maximum absolute atomic E-state index is 13.0. The Morgan fingerprint density at radius 3 is 2.81 bits per heavy atom. The molecule has 4 rings (SSSR count). The number of anilines is 1. The Hall–Kier alpha value is -2.96. The van der Waals surface area contributed by atoms with Gasteiger partial charge >= 0.3 is 0 Å². The van der Waals surface area contributed by atoms with Crippen LogP contribution in [0.2, 0.25) is 0 Å². The standard InChI is InChI=1S/C20H22N4O3/c1-13-15(11-21-19(22-13)23(2)3)18(26)24-9-8-20(12-24)10-16(25)14-6-4-5-7-17(14)27-20/h4-7,11H,8-10,12H2,1-3H3/t20-/m0/s1. The first kappa shape index (κ1) is 17.5. The minimum atomic E-state index is -0.639. The highest BCUT2D eigenvalue weighted by molar-refractivity contribution is 6.00. The number of aryl methyl sites for hydroxylation is 1. The van der Waals surface area contributed by atoms with Crippen molar-refractivity contribution in [2.75, 3.05) is 32.1 Å². The van der Waals surface area contributed by atoms with Gasteiger partial charge in [-0.25, -0.2) is 9.97 Å². The minimum absolute atomic E-state index is 0.0704. The maximum atomic E-state index is 13.0. The van der Waals surface area contributed by atoms with E-state index in [1.165, 1.54) is 0 Å². The summed E-state index contributed by atoms with van der Waals surface area (Å²) in [7, 11) is 3.71. The molecule has 7 nitrogen and oxygen atoms in total. The van der Waals surface area contributed by atoms with Crippen LogP contribution in [0.5, 0.6) is 5.75 Å². The highest BCUT2D eigenvalue weighted by Crippen LogP contribution is 2.39. The average molecular weight is 366 g/mol. The van der Waals surface area contributed by atoms with Gasteiger partial charge in [0, 0.05) is 33.3 Å². The van der Waals surface area contributed by atoms with Crippen LogP contribution < -0.4 is 9.64 Å². The van der Waals surface area contributed by atoms with Crippen molar-refractivity contribution in [3.63, 3.8) is 0 Å². The highest BCUT2D eigenvalue weighted by atomic mass is 16.5. The number of amides is 1. The van der Waals surface area contributed by atoms with Crippen LogP contribution in [0.4, 0.5) is 5.95 Å². The molecule has 2 aliphatic rings. The molecule has 1 aromatic heterocycles. The van der Waals surface area contributed by atoms with Crippen LogP contribution >= 0.6 is 0 Å². The molecule has 1 amide bonds. The molecular weight excluding hydrogens is 344 g/mol. The molecule has 0 radical (unpaired) electrons. The Bertz CT molecular complexity index is 927. The van der Waals surface area contributed by atoms with Crippen LogP contribution in [0.25, 0.3) is 0 Å². The van der Waals surface area contributed by atoms with Gasteiger partial charge in [0.15, 0.2) is 5.78 Å². The third-order valence-electron chi connectivity index (χ3n) is 5.20. The van der Waals surface area contributed by atoms with Crippen molar-refractivity contribution in [1.29, 1.82) is 0 Å². The van der Waals surface area contributed by atoms with Gasteiger partial charge in [-0.3, -0.25) is 9.59 Å². The molecule has 1 spiro atoms. The summed E-state index contributed by atoms with van der Waals surface area (Å²) in [5.74, 6) is 1.13. The van der Waals surface area contributed by atoms with E-state index in [-0.39, 0.29) is 11.7 Å². The zero-order valence-electron chi connectivity index (χ0n) is 15.7. The van der Waals surface area contributed by atoms with Crippen molar-refractivity contribution in [3.8, 4) is 5.75 Å². The molecule has 0 bridgehead atoms. The SMILES string of the molecule is Cc1nc(N(C)C)ncc1C(=O)N1CC[C@]2(CC(=O)c3ccccc3O2)C1. The highest BCUT2D eigenvalue weighted by Gasteiger charge is 2.47. The molecule has 1 aromatic carbocycles. The van der Waals surface area contributed by atoms with E-state index < -0.39 is 5.60 Å². The molecule has 0 unspecified atom stereocenters. The maximum Gasteiger partial charge on any atom is 0.257 e. The van der Waals surface area contributed by atoms with Crippen molar-refractivity contribution in [3.05, 3.63) is 47.3 Å². The van der Waals surface area contributed by atoms with E-state index >= 15 is 0 Å². The molecule has 1 fully saturated rings. The lowest BCUT2D eigenvalue weighted by Crippen LogP contribution is -2.45. The van der Waals surface area contributed by atoms with Crippen LogP contribution in [0.15, 0.2) is 30.5 Å². The summed E-state index contributed by atoms with van der Waals surface area (Å²) in [5.41, 5.74) is 1.11. The minimum Gasteiger partial charge on any atom is -0.484 e. The summed E-state index contributed by atoms with van der Waals surface area (Å²) >= 11 is 0. The number of hydrogen-bond acceptors (Lipinski definition) is 6. The number of Topliss-reactive ketones (excluding diaryl/α,β-unsaturated/α-hetero) is 1. The monoisotopic (exact) mass is 366 g/mol. The number of ether oxygens (including phenoxy) is 1. The fraction of sp³-hybridized carbons (Fsp3) is 0.400. The largest absolute Gasteiger partial charge is 0.484 e. The quantitative estimate of drug-likeness (QED) is 0.810. The molecule has 140 valence electrons. The number of likely N-dealkylation sites (tertiary alicyclic amines) is 1. The molecule has 1 saturated heterocycles. The summed E-state index contributed by atoms with van der Waals surface area (Å²) in [6, 6.07) is 7.30. The molecule has 2 aromatic rings. The number of aromatic nitrogens is 2. The first-order valence-electron chi connectivity index (χ1n) is 9.00. The van der Waals surface area contributed by atoms with Crippen LogP contribution in [0.1, 0.15) is 39.3 Å². The summed E-state index contributed by atoms with van der Waals surface area (Å²) in [6.45, 7) is 2.74. The fourth-order valence-corrected chi connectivity index (χ4v) is 3.74. The van der Waals surface area contributed by atoms with Crippen LogP contribution in [-0.4, -0.2) is 59.3 Å². The Kier molecular flexibility index (Phi) is 4.09. The van der Waals surface area contributed by atoms with Crippen molar-refractivity contribution in [1.82, 2.24) is 14.9 Å². The van der Waals surface area contributed by atoms with E-state index in [4.69, 9.17) is 4.74 Å². The average Bonchev–Trinajstić information content (AvgIpc) is 3.04. The normalized spacial score (nSPS) is 21.1. The summed E-state index contributed by atoms with van der Waals surface area (Å²) in [5, 5.41) is 0. The van der Waals surface area contributed by atoms with Crippen LogP contribution in [0, 0.1) is 6.92 Å². The zero-order chi connectivity index (χ0) is 19.2. The van der Waals surface area contributed by atoms with Gasteiger partial charge in [-0.2, -0.15) is 0 Å². The fourth-order valence-electron chi connectivity index (χ4n) is 3.74. The van der Waals surface area contributed by atoms with E-state index in [0.29, 0.717) is 54.4 Å². The first-order valence-corrected chi connectivity index (χ1v) is 9.00. The third-order valence-corrected chi connectivity index (χ3v) is 5.20. The summed E-state index contributed by atoms with van der Waals surface area (Å²) in [4.78, 5) is 37.7. The van der Waals surface area contributed by atoms with Crippen LogP contribution in [0.3, 0.4) is 0 Å². The third kappa shape index (κ3) is 3.03. The molecule has 2 aliphatic heterocycles. The van der Waals surface area contributed by atoms with Gasteiger partial charge in [-0.05, 0) is 19.1 Å². The summed E-state index contributed by atoms with van der Waals surface area (Å²) in [6.07, 6.45) is 2.50. The lowest BCUT2D eigenvalue weighted by atomic mass is 9.89. The zero-order valence-corrected chi connectivity index (χ0v) is 15.7. The molecule has 0 N–H and O–H groups in total. The topological polar surface area (TPSA) is 75.6 Å². The number of rotatable bonds is 2. The second-order valence-electron chi connectivity index (χ2n) is 7.42. The Morgan fingerprint density at radius 2 is 2.07 bits per heavy atom.